The predicted molar refractivity (Wildman–Crippen MR) is 76.0 cm³/mol. The predicted octanol–water partition coefficient (Wildman–Crippen LogP) is 3.43. The molecule has 0 atom stereocenters. The molecule has 0 radical (unpaired) electrons. The zero-order valence-electron chi connectivity index (χ0n) is 11.1. The van der Waals surface area contributed by atoms with Gasteiger partial charge < -0.3 is 14.9 Å². The summed E-state index contributed by atoms with van der Waals surface area (Å²) in [6.45, 7) is 6.47. The van der Waals surface area contributed by atoms with Crippen LogP contribution in [0, 0.1) is 6.92 Å². The van der Waals surface area contributed by atoms with E-state index in [0.717, 1.165) is 21.3 Å². The summed E-state index contributed by atoms with van der Waals surface area (Å²) in [5.41, 5.74) is 7.61. The van der Waals surface area contributed by atoms with E-state index in [1.54, 1.807) is 0 Å². The molecule has 0 aliphatic rings. The lowest BCUT2D eigenvalue weighted by Crippen LogP contribution is -2.01. The maximum atomic E-state index is 5.76. The molecular formula is C13H16BrN3O2. The maximum absolute atomic E-state index is 5.76. The Balaban J connectivity index is 2.21. The van der Waals surface area contributed by atoms with Crippen molar-refractivity contribution in [3.05, 3.63) is 33.6 Å². The van der Waals surface area contributed by atoms with Crippen molar-refractivity contribution in [3.63, 3.8) is 0 Å². The summed E-state index contributed by atoms with van der Waals surface area (Å²) < 4.78 is 11.9. The van der Waals surface area contributed by atoms with Crippen molar-refractivity contribution in [2.75, 3.05) is 5.73 Å². The Bertz CT molecular complexity index is 581. The number of anilines is 1. The van der Waals surface area contributed by atoms with E-state index >= 15 is 0 Å². The fraction of sp³-hybridized carbons (Fsp3) is 0.385. The number of nitrogens with two attached hydrogens (primary N) is 1. The van der Waals surface area contributed by atoms with Gasteiger partial charge in [-0.05, 0) is 36.1 Å². The molecule has 0 aliphatic carbocycles. The number of hydrogen-bond donors (Lipinski definition) is 1. The highest BCUT2D eigenvalue weighted by molar-refractivity contribution is 9.10. The monoisotopic (exact) mass is 325 g/mol. The summed E-state index contributed by atoms with van der Waals surface area (Å²) in [6, 6.07) is 4.13. The molecule has 2 N–H and O–H groups in total. The minimum Gasteiger partial charge on any atom is -0.484 e. The third kappa shape index (κ3) is 3.26. The summed E-state index contributed by atoms with van der Waals surface area (Å²) in [6.07, 6.45) is 0. The first kappa shape index (κ1) is 13.9. The molecule has 1 heterocycles. The molecule has 0 aliphatic heterocycles. The van der Waals surface area contributed by atoms with Gasteiger partial charge in [0.1, 0.15) is 5.75 Å². The topological polar surface area (TPSA) is 74.2 Å². The van der Waals surface area contributed by atoms with Gasteiger partial charge in [0.25, 0.3) is 5.89 Å². The van der Waals surface area contributed by atoms with Gasteiger partial charge in [-0.3, -0.25) is 0 Å². The zero-order chi connectivity index (χ0) is 14.0. The van der Waals surface area contributed by atoms with Gasteiger partial charge in [0.05, 0.1) is 0 Å². The lowest BCUT2D eigenvalue weighted by Gasteiger charge is -2.15. The van der Waals surface area contributed by atoms with Gasteiger partial charge in [-0.2, -0.15) is 0 Å². The van der Waals surface area contributed by atoms with Crippen molar-refractivity contribution in [2.45, 2.75) is 33.3 Å². The van der Waals surface area contributed by atoms with Crippen LogP contribution in [0.5, 0.6) is 5.75 Å². The van der Waals surface area contributed by atoms with Gasteiger partial charge in [-0.15, -0.1) is 5.10 Å². The molecule has 0 amide bonds. The third-order valence-corrected chi connectivity index (χ3v) is 3.60. The van der Waals surface area contributed by atoms with Crippen LogP contribution in [0.25, 0.3) is 0 Å². The normalized spacial score (nSPS) is 11.0. The van der Waals surface area contributed by atoms with Crippen molar-refractivity contribution in [1.82, 2.24) is 10.2 Å². The fourth-order valence-corrected chi connectivity index (χ4v) is 2.07. The second kappa shape index (κ2) is 5.61. The first-order chi connectivity index (χ1) is 8.97. The number of aromatic nitrogens is 2. The van der Waals surface area contributed by atoms with Gasteiger partial charge in [-0.25, -0.2) is 0 Å². The molecule has 1 aromatic heterocycles. The summed E-state index contributed by atoms with van der Waals surface area (Å²) in [5, 5.41) is 7.36. The average Bonchev–Trinajstić information content (AvgIpc) is 2.76. The lowest BCUT2D eigenvalue weighted by molar-refractivity contribution is 0.261. The number of nitrogens with zero attached hydrogens (tertiary/aromatic N) is 2. The lowest BCUT2D eigenvalue weighted by atomic mass is 10.0. The van der Waals surface area contributed by atoms with E-state index < -0.39 is 0 Å². The van der Waals surface area contributed by atoms with Crippen LogP contribution in [0.4, 0.5) is 6.01 Å². The van der Waals surface area contributed by atoms with Crippen molar-refractivity contribution in [1.29, 1.82) is 0 Å². The zero-order valence-corrected chi connectivity index (χ0v) is 12.7. The van der Waals surface area contributed by atoms with E-state index in [9.17, 15) is 0 Å². The first-order valence-electron chi connectivity index (χ1n) is 5.98. The number of hydrogen-bond acceptors (Lipinski definition) is 5. The quantitative estimate of drug-likeness (QED) is 0.932. The van der Waals surface area contributed by atoms with Crippen molar-refractivity contribution in [2.24, 2.45) is 0 Å². The molecule has 0 spiro atoms. The van der Waals surface area contributed by atoms with Crippen LogP contribution in [0.1, 0.15) is 36.8 Å². The molecule has 5 nitrogen and oxygen atoms in total. The van der Waals surface area contributed by atoms with E-state index in [0.29, 0.717) is 11.8 Å². The molecule has 1 aromatic carbocycles. The molecule has 0 fully saturated rings. The van der Waals surface area contributed by atoms with Crippen molar-refractivity contribution in [3.8, 4) is 5.75 Å². The third-order valence-electron chi connectivity index (χ3n) is 2.75. The van der Waals surface area contributed by atoms with Crippen LogP contribution >= 0.6 is 15.9 Å². The molecule has 0 unspecified atom stereocenters. The Morgan fingerprint density at radius 1 is 1.37 bits per heavy atom. The highest BCUT2D eigenvalue weighted by Gasteiger charge is 2.12. The van der Waals surface area contributed by atoms with E-state index in [4.69, 9.17) is 14.9 Å². The molecule has 2 rings (SSSR count). The largest absolute Gasteiger partial charge is 0.484 e. The molecule has 19 heavy (non-hydrogen) atoms. The van der Waals surface area contributed by atoms with Crippen molar-refractivity contribution < 1.29 is 9.15 Å². The highest BCUT2D eigenvalue weighted by Crippen LogP contribution is 2.32. The number of rotatable bonds is 4. The molecular weight excluding hydrogens is 310 g/mol. The van der Waals surface area contributed by atoms with Crippen LogP contribution in [0.15, 0.2) is 21.0 Å². The molecule has 2 aromatic rings. The minimum atomic E-state index is 0.0506. The second-order valence-corrected chi connectivity index (χ2v) is 5.47. The van der Waals surface area contributed by atoms with Gasteiger partial charge in [0.2, 0.25) is 0 Å². The number of aryl methyl sites for hydroxylation is 1. The minimum absolute atomic E-state index is 0.0506. The molecule has 102 valence electrons. The fourth-order valence-electron chi connectivity index (χ4n) is 1.71. The first-order valence-corrected chi connectivity index (χ1v) is 6.77. The van der Waals surface area contributed by atoms with Crippen LogP contribution < -0.4 is 10.5 Å². The van der Waals surface area contributed by atoms with E-state index in [1.807, 2.05) is 13.0 Å². The summed E-state index contributed by atoms with van der Waals surface area (Å²) in [4.78, 5) is 0. The summed E-state index contributed by atoms with van der Waals surface area (Å²) >= 11 is 3.53. The maximum Gasteiger partial charge on any atom is 0.312 e. The summed E-state index contributed by atoms with van der Waals surface area (Å²) in [5.74, 6) is 1.56. The van der Waals surface area contributed by atoms with Crippen LogP contribution in [0.2, 0.25) is 0 Å². The van der Waals surface area contributed by atoms with Crippen molar-refractivity contribution >= 4 is 21.9 Å². The number of ether oxygens (including phenoxy) is 1. The standard InChI is InChI=1S/C13H16BrN3O2/c1-7(2)9-5-10(14)8(3)4-11(9)18-6-12-16-17-13(15)19-12/h4-5,7H,6H2,1-3H3,(H2,15,17). The SMILES string of the molecule is Cc1cc(OCc2nnc(N)o2)c(C(C)C)cc1Br. The van der Waals surface area contributed by atoms with Crippen LogP contribution in [-0.2, 0) is 6.61 Å². The van der Waals surface area contributed by atoms with Crippen LogP contribution in [-0.4, -0.2) is 10.2 Å². The summed E-state index contributed by atoms with van der Waals surface area (Å²) in [7, 11) is 0. The number of halogens is 1. The smallest absolute Gasteiger partial charge is 0.312 e. The second-order valence-electron chi connectivity index (χ2n) is 4.62. The molecule has 0 saturated carbocycles. The van der Waals surface area contributed by atoms with E-state index in [-0.39, 0.29) is 12.6 Å². The van der Waals surface area contributed by atoms with Gasteiger partial charge in [0.15, 0.2) is 6.61 Å². The highest BCUT2D eigenvalue weighted by atomic mass is 79.9. The molecule has 0 saturated heterocycles. The Kier molecular flexibility index (Phi) is 4.09. The van der Waals surface area contributed by atoms with Gasteiger partial charge in [-0.1, -0.05) is 34.9 Å². The Hall–Kier alpha value is -1.56. The van der Waals surface area contributed by atoms with Gasteiger partial charge >= 0.3 is 6.01 Å². The van der Waals surface area contributed by atoms with E-state index in [1.165, 1.54) is 0 Å². The number of benzene rings is 1. The van der Waals surface area contributed by atoms with Gasteiger partial charge in [0, 0.05) is 4.47 Å². The Morgan fingerprint density at radius 2 is 2.11 bits per heavy atom. The van der Waals surface area contributed by atoms with Crippen LogP contribution in [0.3, 0.4) is 0 Å². The number of nitrogen functional groups attached to an aromatic ring is 1. The average molecular weight is 326 g/mol. The molecule has 6 heteroatoms. The Morgan fingerprint density at radius 3 is 2.68 bits per heavy atom. The van der Waals surface area contributed by atoms with E-state index in [2.05, 4.69) is 46.0 Å². The molecule has 0 bridgehead atoms. The Labute approximate surface area is 120 Å².